The molecule has 3 aromatic rings. The van der Waals surface area contributed by atoms with Crippen molar-refractivity contribution in [2.45, 2.75) is 31.0 Å². The van der Waals surface area contributed by atoms with E-state index in [0.29, 0.717) is 17.1 Å². The van der Waals surface area contributed by atoms with Crippen molar-refractivity contribution < 1.29 is 10.2 Å². The van der Waals surface area contributed by atoms with Gasteiger partial charge in [0.2, 0.25) is 0 Å². The molecule has 0 bridgehead atoms. The van der Waals surface area contributed by atoms with Crippen molar-refractivity contribution in [3.63, 3.8) is 0 Å². The summed E-state index contributed by atoms with van der Waals surface area (Å²) in [4.78, 5) is 2.24. The Morgan fingerprint density at radius 2 is 1.50 bits per heavy atom. The summed E-state index contributed by atoms with van der Waals surface area (Å²) in [5, 5.41) is 23.0. The van der Waals surface area contributed by atoms with Crippen molar-refractivity contribution >= 4 is 11.6 Å². The quantitative estimate of drug-likeness (QED) is 0.644. The normalized spacial score (nSPS) is 17.7. The molecule has 1 heterocycles. The van der Waals surface area contributed by atoms with Gasteiger partial charge in [-0.25, -0.2) is 0 Å². The molecule has 1 aliphatic rings. The highest BCUT2D eigenvalue weighted by Crippen LogP contribution is 2.41. The number of likely N-dealkylation sites (tertiary alicyclic amines) is 1. The van der Waals surface area contributed by atoms with Crippen LogP contribution in [-0.4, -0.2) is 27.7 Å². The number of halogens is 1. The highest BCUT2D eigenvalue weighted by atomic mass is 35.5. The van der Waals surface area contributed by atoms with Crippen molar-refractivity contribution in [1.29, 1.82) is 0 Å². The zero-order valence-corrected chi connectivity index (χ0v) is 16.4. The van der Waals surface area contributed by atoms with E-state index in [4.69, 9.17) is 11.6 Å². The third-order valence-electron chi connectivity index (χ3n) is 5.73. The van der Waals surface area contributed by atoms with Gasteiger partial charge in [-0.1, -0.05) is 78.3 Å². The van der Waals surface area contributed by atoms with Gasteiger partial charge < -0.3 is 10.2 Å². The summed E-state index contributed by atoms with van der Waals surface area (Å²) in [5.74, 6) is 0.195. The number of hydrogen-bond donors (Lipinski definition) is 2. The minimum absolute atomic E-state index is 0.118. The molecule has 144 valence electrons. The van der Waals surface area contributed by atoms with E-state index in [1.807, 2.05) is 60.7 Å². The summed E-state index contributed by atoms with van der Waals surface area (Å²) in [7, 11) is 0. The first-order chi connectivity index (χ1) is 13.6. The van der Waals surface area contributed by atoms with Crippen LogP contribution in [0.15, 0.2) is 78.9 Å². The molecule has 0 amide bonds. The number of hydrogen-bond acceptors (Lipinski definition) is 3. The van der Waals surface area contributed by atoms with Crippen LogP contribution >= 0.6 is 11.6 Å². The Kier molecular flexibility index (Phi) is 5.40. The molecule has 1 atom stereocenters. The minimum Gasteiger partial charge on any atom is -0.508 e. The average Bonchev–Trinajstić information content (AvgIpc) is 3.20. The van der Waals surface area contributed by atoms with Gasteiger partial charge in [0.05, 0.1) is 0 Å². The van der Waals surface area contributed by atoms with Crippen molar-refractivity contribution in [3.05, 3.63) is 101 Å². The topological polar surface area (TPSA) is 43.7 Å². The number of aliphatic hydroxyl groups is 1. The summed E-state index contributed by atoms with van der Waals surface area (Å²) in [6.07, 6.45) is 1.85. The summed E-state index contributed by atoms with van der Waals surface area (Å²) >= 11 is 6.35. The molecule has 0 saturated carbocycles. The molecule has 2 N–H and O–H groups in total. The first kappa shape index (κ1) is 19.0. The highest BCUT2D eigenvalue weighted by molar-refractivity contribution is 6.31. The number of rotatable bonds is 5. The fourth-order valence-electron chi connectivity index (χ4n) is 4.33. The van der Waals surface area contributed by atoms with Gasteiger partial charge in [0.25, 0.3) is 0 Å². The summed E-state index contributed by atoms with van der Waals surface area (Å²) in [5.41, 5.74) is 1.32. The lowest BCUT2D eigenvalue weighted by molar-refractivity contribution is -0.00671. The zero-order chi connectivity index (χ0) is 19.6. The fourth-order valence-corrected chi connectivity index (χ4v) is 4.56. The van der Waals surface area contributed by atoms with Crippen LogP contribution in [0, 0.1) is 0 Å². The largest absolute Gasteiger partial charge is 0.508 e. The standard InChI is InChI=1S/C24H24ClNO2/c25-21-13-7-14-22(27)20(21)17-26-16-8-15-23(26)24(28,18-9-3-1-4-10-18)19-11-5-2-6-12-19/h1-7,9-14,23,27-28H,8,15-17H2/t23-/m0/s1. The van der Waals surface area contributed by atoms with E-state index < -0.39 is 5.60 Å². The van der Waals surface area contributed by atoms with Crippen molar-refractivity contribution in [1.82, 2.24) is 4.90 Å². The van der Waals surface area contributed by atoms with E-state index in [1.54, 1.807) is 18.2 Å². The first-order valence-corrected chi connectivity index (χ1v) is 10.0. The molecule has 0 radical (unpaired) electrons. The molecule has 0 aliphatic carbocycles. The lowest BCUT2D eigenvalue weighted by Gasteiger charge is -2.40. The number of phenolic OH excluding ortho intramolecular Hbond substituents is 1. The smallest absolute Gasteiger partial charge is 0.130 e. The van der Waals surface area contributed by atoms with E-state index in [0.717, 1.165) is 30.5 Å². The number of nitrogens with zero attached hydrogens (tertiary/aromatic N) is 1. The molecule has 1 saturated heterocycles. The predicted molar refractivity (Wildman–Crippen MR) is 112 cm³/mol. The zero-order valence-electron chi connectivity index (χ0n) is 15.6. The Hall–Kier alpha value is -2.33. The molecule has 3 aromatic carbocycles. The minimum atomic E-state index is -1.14. The third-order valence-corrected chi connectivity index (χ3v) is 6.08. The molecule has 3 nitrogen and oxygen atoms in total. The number of benzene rings is 3. The van der Waals surface area contributed by atoms with Gasteiger partial charge in [0.1, 0.15) is 11.4 Å². The first-order valence-electron chi connectivity index (χ1n) is 9.64. The molecular weight excluding hydrogens is 370 g/mol. The van der Waals surface area contributed by atoms with Crippen molar-refractivity contribution in [2.75, 3.05) is 6.54 Å². The fraction of sp³-hybridized carbons (Fsp3) is 0.250. The van der Waals surface area contributed by atoms with Crippen LogP contribution in [0.1, 0.15) is 29.5 Å². The predicted octanol–water partition coefficient (Wildman–Crippen LogP) is 4.95. The van der Waals surface area contributed by atoms with Crippen LogP contribution in [0.4, 0.5) is 0 Å². The van der Waals surface area contributed by atoms with Gasteiger partial charge in [0.15, 0.2) is 0 Å². The Balaban J connectivity index is 1.76. The van der Waals surface area contributed by atoms with E-state index in [9.17, 15) is 10.2 Å². The third kappa shape index (κ3) is 3.42. The van der Waals surface area contributed by atoms with Crippen LogP contribution in [0.2, 0.25) is 5.02 Å². The number of phenols is 1. The second-order valence-electron chi connectivity index (χ2n) is 7.36. The van der Waals surface area contributed by atoms with Gasteiger partial charge >= 0.3 is 0 Å². The molecule has 0 unspecified atom stereocenters. The Bertz CT molecular complexity index is 870. The maximum atomic E-state index is 12.1. The SMILES string of the molecule is Oc1cccc(Cl)c1CN1CCC[C@H]1C(O)(c1ccccc1)c1ccccc1. The van der Waals surface area contributed by atoms with Gasteiger partial charge in [-0.3, -0.25) is 4.90 Å². The van der Waals surface area contributed by atoms with Crippen LogP contribution in [0.25, 0.3) is 0 Å². The van der Waals surface area contributed by atoms with Crippen LogP contribution in [-0.2, 0) is 12.1 Å². The Labute approximate surface area is 170 Å². The lowest BCUT2D eigenvalue weighted by atomic mass is 9.79. The highest BCUT2D eigenvalue weighted by Gasteiger charge is 2.45. The van der Waals surface area contributed by atoms with E-state index in [-0.39, 0.29) is 11.8 Å². The second kappa shape index (κ2) is 7.96. The van der Waals surface area contributed by atoms with E-state index in [1.165, 1.54) is 0 Å². The lowest BCUT2D eigenvalue weighted by Crippen LogP contribution is -2.48. The number of aromatic hydroxyl groups is 1. The molecule has 0 spiro atoms. The molecule has 28 heavy (non-hydrogen) atoms. The van der Waals surface area contributed by atoms with Crippen molar-refractivity contribution in [2.24, 2.45) is 0 Å². The molecule has 4 rings (SSSR count). The summed E-state index contributed by atoms with van der Waals surface area (Å²) in [6.45, 7) is 1.34. The average molecular weight is 394 g/mol. The molecule has 0 aromatic heterocycles. The summed E-state index contributed by atoms with van der Waals surface area (Å²) in [6, 6.07) is 24.8. The Morgan fingerprint density at radius 1 is 0.893 bits per heavy atom. The van der Waals surface area contributed by atoms with E-state index >= 15 is 0 Å². The van der Waals surface area contributed by atoms with Gasteiger partial charge in [-0.15, -0.1) is 0 Å². The molecule has 1 fully saturated rings. The van der Waals surface area contributed by atoms with Crippen LogP contribution in [0.5, 0.6) is 5.75 Å². The van der Waals surface area contributed by atoms with Crippen LogP contribution in [0.3, 0.4) is 0 Å². The molecular formula is C24H24ClNO2. The maximum absolute atomic E-state index is 12.1. The monoisotopic (exact) mass is 393 g/mol. The Morgan fingerprint density at radius 3 is 2.07 bits per heavy atom. The summed E-state index contributed by atoms with van der Waals surface area (Å²) < 4.78 is 0. The molecule has 4 heteroatoms. The van der Waals surface area contributed by atoms with Crippen molar-refractivity contribution in [3.8, 4) is 5.75 Å². The van der Waals surface area contributed by atoms with Crippen LogP contribution < -0.4 is 0 Å². The molecule has 1 aliphatic heterocycles. The van der Waals surface area contributed by atoms with E-state index in [2.05, 4.69) is 4.90 Å². The second-order valence-corrected chi connectivity index (χ2v) is 7.77. The van der Waals surface area contributed by atoms with Gasteiger partial charge in [-0.05, 0) is 42.6 Å². The van der Waals surface area contributed by atoms with Gasteiger partial charge in [0, 0.05) is 23.2 Å². The van der Waals surface area contributed by atoms with Gasteiger partial charge in [-0.2, -0.15) is 0 Å². The maximum Gasteiger partial charge on any atom is 0.130 e.